The first-order chi connectivity index (χ1) is 15.5. The predicted octanol–water partition coefficient (Wildman–Crippen LogP) is 4.61. The van der Waals surface area contributed by atoms with Gasteiger partial charge in [0.25, 0.3) is 11.5 Å². The first-order valence-corrected chi connectivity index (χ1v) is 11.9. The van der Waals surface area contributed by atoms with Gasteiger partial charge >= 0.3 is 0 Å². The second kappa shape index (κ2) is 8.70. The fourth-order valence-electron chi connectivity index (χ4n) is 5.19. The summed E-state index contributed by atoms with van der Waals surface area (Å²) < 4.78 is 1.98. The minimum absolute atomic E-state index is 0.0256. The van der Waals surface area contributed by atoms with Crippen LogP contribution in [0.1, 0.15) is 78.8 Å². The Hall–Kier alpha value is -2.67. The van der Waals surface area contributed by atoms with Crippen LogP contribution in [0.2, 0.25) is 5.02 Å². The lowest BCUT2D eigenvalue weighted by atomic mass is 9.95. The number of H-pyrrole nitrogens is 1. The van der Waals surface area contributed by atoms with Crippen LogP contribution in [-0.4, -0.2) is 43.6 Å². The first-order valence-electron chi connectivity index (χ1n) is 11.6. The molecule has 1 saturated carbocycles. The molecule has 3 aromatic rings. The summed E-state index contributed by atoms with van der Waals surface area (Å²) in [6.45, 7) is 3.06. The third-order valence-electron chi connectivity index (χ3n) is 6.88. The first kappa shape index (κ1) is 21.2. The van der Waals surface area contributed by atoms with Gasteiger partial charge < -0.3 is 9.88 Å². The molecule has 1 saturated heterocycles. The van der Waals surface area contributed by atoms with Crippen molar-refractivity contribution < 1.29 is 4.79 Å². The number of piperidine rings is 1. The summed E-state index contributed by atoms with van der Waals surface area (Å²) in [5.74, 6) is 0.547. The van der Waals surface area contributed by atoms with Crippen molar-refractivity contribution >= 4 is 28.5 Å². The average molecular weight is 454 g/mol. The van der Waals surface area contributed by atoms with Crippen LogP contribution in [-0.2, 0) is 0 Å². The molecule has 168 valence electrons. The number of rotatable bonds is 3. The van der Waals surface area contributed by atoms with E-state index < -0.39 is 0 Å². The zero-order chi connectivity index (χ0) is 22.2. The zero-order valence-electron chi connectivity index (χ0n) is 18.3. The second-order valence-corrected chi connectivity index (χ2v) is 9.45. The monoisotopic (exact) mass is 453 g/mol. The molecule has 5 rings (SSSR count). The van der Waals surface area contributed by atoms with E-state index >= 15 is 0 Å². The SMILES string of the molecule is Cc1nn(C2CCCCC2)c2nc(C3CCCN(C(=O)c4ccccc4Cl)C3)[nH]c(=O)c12. The highest BCUT2D eigenvalue weighted by atomic mass is 35.5. The number of fused-ring (bicyclic) bond motifs is 1. The van der Waals surface area contributed by atoms with Gasteiger partial charge in [-0.1, -0.05) is 43.0 Å². The number of hydrogen-bond donors (Lipinski definition) is 1. The molecule has 0 radical (unpaired) electrons. The van der Waals surface area contributed by atoms with Gasteiger partial charge in [-0.15, -0.1) is 0 Å². The van der Waals surface area contributed by atoms with Crippen molar-refractivity contribution in [2.24, 2.45) is 0 Å². The molecule has 8 heteroatoms. The summed E-state index contributed by atoms with van der Waals surface area (Å²) in [5, 5.41) is 5.75. The minimum Gasteiger partial charge on any atom is -0.338 e. The van der Waals surface area contributed by atoms with E-state index in [-0.39, 0.29) is 17.4 Å². The fourth-order valence-corrected chi connectivity index (χ4v) is 5.41. The number of aryl methyl sites for hydroxylation is 1. The number of aromatic nitrogens is 4. The van der Waals surface area contributed by atoms with Gasteiger partial charge in [0.05, 0.1) is 22.3 Å². The lowest BCUT2D eigenvalue weighted by Crippen LogP contribution is -2.40. The molecule has 1 aromatic carbocycles. The summed E-state index contributed by atoms with van der Waals surface area (Å²) in [7, 11) is 0. The van der Waals surface area contributed by atoms with Crippen LogP contribution in [0.5, 0.6) is 0 Å². The number of carbonyl (C=O) groups is 1. The molecule has 2 fully saturated rings. The van der Waals surface area contributed by atoms with Crippen molar-refractivity contribution in [3.05, 3.63) is 56.7 Å². The molecule has 1 aliphatic carbocycles. The van der Waals surface area contributed by atoms with E-state index in [1.54, 1.807) is 12.1 Å². The molecule has 3 heterocycles. The molecule has 2 aromatic heterocycles. The average Bonchev–Trinajstić information content (AvgIpc) is 3.16. The fraction of sp³-hybridized carbons (Fsp3) is 0.500. The van der Waals surface area contributed by atoms with E-state index in [2.05, 4.69) is 4.98 Å². The van der Waals surface area contributed by atoms with Crippen LogP contribution in [0.15, 0.2) is 29.1 Å². The number of aromatic amines is 1. The van der Waals surface area contributed by atoms with Crippen LogP contribution < -0.4 is 5.56 Å². The van der Waals surface area contributed by atoms with Crippen molar-refractivity contribution in [3.8, 4) is 0 Å². The quantitative estimate of drug-likeness (QED) is 0.627. The van der Waals surface area contributed by atoms with Crippen LogP contribution in [0.4, 0.5) is 0 Å². The molecule has 1 N–H and O–H groups in total. The van der Waals surface area contributed by atoms with E-state index in [0.717, 1.165) is 31.4 Å². The summed E-state index contributed by atoms with van der Waals surface area (Å²) in [6.07, 6.45) is 7.49. The van der Waals surface area contributed by atoms with Gasteiger partial charge in [0, 0.05) is 19.0 Å². The maximum absolute atomic E-state index is 13.1. The van der Waals surface area contributed by atoms with Gasteiger partial charge in [0.1, 0.15) is 11.2 Å². The Labute approximate surface area is 191 Å². The largest absolute Gasteiger partial charge is 0.338 e. The molecule has 7 nitrogen and oxygen atoms in total. The van der Waals surface area contributed by atoms with Crippen molar-refractivity contribution in [2.75, 3.05) is 13.1 Å². The smallest absolute Gasteiger partial charge is 0.262 e. The van der Waals surface area contributed by atoms with E-state index in [1.807, 2.05) is 28.6 Å². The highest BCUT2D eigenvalue weighted by Gasteiger charge is 2.29. The number of hydrogen-bond acceptors (Lipinski definition) is 4. The number of likely N-dealkylation sites (tertiary alicyclic amines) is 1. The van der Waals surface area contributed by atoms with Crippen molar-refractivity contribution in [3.63, 3.8) is 0 Å². The Morgan fingerprint density at radius 1 is 1.12 bits per heavy atom. The van der Waals surface area contributed by atoms with Gasteiger partial charge in [-0.3, -0.25) is 9.59 Å². The van der Waals surface area contributed by atoms with E-state index in [4.69, 9.17) is 21.7 Å². The molecular formula is C24H28ClN5O2. The van der Waals surface area contributed by atoms with Gasteiger partial charge in [-0.25, -0.2) is 9.67 Å². The summed E-state index contributed by atoms with van der Waals surface area (Å²) in [5.41, 5.74) is 1.78. The Morgan fingerprint density at radius 3 is 2.69 bits per heavy atom. The highest BCUT2D eigenvalue weighted by molar-refractivity contribution is 6.33. The predicted molar refractivity (Wildman–Crippen MR) is 124 cm³/mol. The summed E-state index contributed by atoms with van der Waals surface area (Å²) >= 11 is 6.25. The van der Waals surface area contributed by atoms with Gasteiger partial charge in [0.2, 0.25) is 0 Å². The summed E-state index contributed by atoms with van der Waals surface area (Å²) in [4.78, 5) is 35.8. The standard InChI is InChI=1S/C24H28ClN5O2/c1-15-20-22(30(28-15)17-9-3-2-4-10-17)26-21(27-23(20)31)16-8-7-13-29(14-16)24(32)18-11-5-6-12-19(18)25/h5-6,11-12,16-17H,2-4,7-10,13-14H2,1H3,(H,26,27,31). The van der Waals surface area contributed by atoms with E-state index in [9.17, 15) is 9.59 Å². The summed E-state index contributed by atoms with van der Waals surface area (Å²) in [6, 6.07) is 7.43. The number of nitrogens with zero attached hydrogens (tertiary/aromatic N) is 4. The molecule has 1 amide bonds. The zero-order valence-corrected chi connectivity index (χ0v) is 19.1. The molecule has 32 heavy (non-hydrogen) atoms. The number of halogens is 1. The third kappa shape index (κ3) is 3.83. The molecule has 1 unspecified atom stereocenters. The Kier molecular flexibility index (Phi) is 5.76. The minimum atomic E-state index is -0.140. The maximum Gasteiger partial charge on any atom is 0.262 e. The molecule has 2 aliphatic rings. The normalized spacial score (nSPS) is 20.1. The topological polar surface area (TPSA) is 83.9 Å². The van der Waals surface area contributed by atoms with E-state index in [1.165, 1.54) is 19.3 Å². The van der Waals surface area contributed by atoms with Crippen LogP contribution in [0, 0.1) is 6.92 Å². The van der Waals surface area contributed by atoms with Gasteiger partial charge in [-0.05, 0) is 44.7 Å². The van der Waals surface area contributed by atoms with Crippen LogP contribution >= 0.6 is 11.6 Å². The Balaban J connectivity index is 1.47. The second-order valence-electron chi connectivity index (χ2n) is 9.04. The maximum atomic E-state index is 13.1. The van der Waals surface area contributed by atoms with Gasteiger partial charge in [0.15, 0.2) is 5.65 Å². The van der Waals surface area contributed by atoms with Crippen LogP contribution in [0.3, 0.4) is 0 Å². The Morgan fingerprint density at radius 2 is 1.91 bits per heavy atom. The Bertz CT molecular complexity index is 1210. The molecule has 0 bridgehead atoms. The number of benzene rings is 1. The van der Waals surface area contributed by atoms with Crippen molar-refractivity contribution in [2.45, 2.75) is 63.8 Å². The molecule has 0 spiro atoms. The number of nitrogens with one attached hydrogen (secondary N) is 1. The lowest BCUT2D eigenvalue weighted by molar-refractivity contribution is 0.0704. The van der Waals surface area contributed by atoms with E-state index in [0.29, 0.717) is 46.6 Å². The lowest BCUT2D eigenvalue weighted by Gasteiger charge is -2.32. The van der Waals surface area contributed by atoms with Gasteiger partial charge in [-0.2, -0.15) is 5.10 Å². The number of carbonyl (C=O) groups excluding carboxylic acids is 1. The molecule has 1 aliphatic heterocycles. The van der Waals surface area contributed by atoms with Crippen molar-refractivity contribution in [1.29, 1.82) is 0 Å². The highest BCUT2D eigenvalue weighted by Crippen LogP contribution is 2.32. The molecular weight excluding hydrogens is 426 g/mol. The van der Waals surface area contributed by atoms with Crippen LogP contribution in [0.25, 0.3) is 11.0 Å². The third-order valence-corrected chi connectivity index (χ3v) is 7.20. The number of amides is 1. The molecule has 1 atom stereocenters. The van der Waals surface area contributed by atoms with Crippen molar-refractivity contribution in [1.82, 2.24) is 24.6 Å².